The number of benzene rings is 2. The van der Waals surface area contributed by atoms with Gasteiger partial charge in [-0.1, -0.05) is 12.1 Å². The van der Waals surface area contributed by atoms with Gasteiger partial charge in [-0.25, -0.2) is 0 Å². The quantitative estimate of drug-likeness (QED) is 0.805. The van der Waals surface area contributed by atoms with E-state index in [1.165, 1.54) is 0 Å². The van der Waals surface area contributed by atoms with Crippen LogP contribution in [0.4, 0.5) is 17.1 Å². The number of rotatable bonds is 6. The van der Waals surface area contributed by atoms with Crippen molar-refractivity contribution in [2.75, 3.05) is 32.1 Å². The van der Waals surface area contributed by atoms with Gasteiger partial charge in [0.2, 0.25) is 0 Å². The van der Waals surface area contributed by atoms with Crippen LogP contribution in [0.2, 0.25) is 0 Å². The van der Waals surface area contributed by atoms with Crippen LogP contribution in [0, 0.1) is 0 Å². The third kappa shape index (κ3) is 4.62. The highest BCUT2D eigenvalue weighted by molar-refractivity contribution is 5.98. The zero-order chi connectivity index (χ0) is 16.7. The van der Waals surface area contributed by atoms with Gasteiger partial charge in [0.15, 0.2) is 0 Å². The average Bonchev–Trinajstić information content (AvgIpc) is 2.58. The maximum absolute atomic E-state index is 12.1. The van der Waals surface area contributed by atoms with Crippen molar-refractivity contribution in [2.24, 2.45) is 16.0 Å². The van der Waals surface area contributed by atoms with Crippen LogP contribution in [0.3, 0.4) is 0 Å². The third-order valence-electron chi connectivity index (χ3n) is 3.22. The molecule has 6 nitrogen and oxygen atoms in total. The highest BCUT2D eigenvalue weighted by Gasteiger charge is 2.09. The van der Waals surface area contributed by atoms with Gasteiger partial charge in [-0.3, -0.25) is 4.79 Å². The van der Waals surface area contributed by atoms with E-state index in [4.69, 9.17) is 5.73 Å². The van der Waals surface area contributed by atoms with E-state index >= 15 is 0 Å². The number of hydrogen-bond donors (Lipinski definition) is 2. The molecule has 0 bridgehead atoms. The van der Waals surface area contributed by atoms with E-state index in [1.807, 2.05) is 49.3 Å². The van der Waals surface area contributed by atoms with Crippen molar-refractivity contribution in [3.05, 3.63) is 54.1 Å². The number of hydrogen-bond acceptors (Lipinski definition) is 5. The summed E-state index contributed by atoms with van der Waals surface area (Å²) < 4.78 is 0. The Kier molecular flexibility index (Phi) is 5.82. The molecule has 1 amide bonds. The SMILES string of the molecule is CN(C)c1ccc(N=Nc2ccccc2C(=O)NCCN)cc1. The topological polar surface area (TPSA) is 83.1 Å². The van der Waals surface area contributed by atoms with Crippen LogP contribution in [0.1, 0.15) is 10.4 Å². The van der Waals surface area contributed by atoms with Gasteiger partial charge in [-0.15, -0.1) is 5.11 Å². The third-order valence-corrected chi connectivity index (χ3v) is 3.22. The second-order valence-electron chi connectivity index (χ2n) is 5.17. The molecule has 0 fully saturated rings. The molecule has 6 heteroatoms. The maximum Gasteiger partial charge on any atom is 0.253 e. The Morgan fingerprint density at radius 1 is 1.09 bits per heavy atom. The molecule has 0 saturated carbocycles. The minimum atomic E-state index is -0.201. The van der Waals surface area contributed by atoms with Crippen molar-refractivity contribution in [1.82, 2.24) is 5.32 Å². The standard InChI is InChI=1S/C17H21N5O/c1-22(2)14-9-7-13(8-10-14)20-21-16-6-4-3-5-15(16)17(23)19-12-11-18/h3-10H,11-12,18H2,1-2H3,(H,19,23). The van der Waals surface area contributed by atoms with Crippen LogP contribution in [0.25, 0.3) is 0 Å². The number of nitrogens with zero attached hydrogens (tertiary/aromatic N) is 3. The Bertz CT molecular complexity index is 680. The molecule has 0 spiro atoms. The lowest BCUT2D eigenvalue weighted by Crippen LogP contribution is -2.28. The van der Waals surface area contributed by atoms with E-state index in [0.29, 0.717) is 24.3 Å². The molecule has 0 radical (unpaired) electrons. The van der Waals surface area contributed by atoms with Crippen LogP contribution >= 0.6 is 0 Å². The minimum absolute atomic E-state index is 0.201. The Morgan fingerprint density at radius 2 is 1.78 bits per heavy atom. The Morgan fingerprint density at radius 3 is 2.43 bits per heavy atom. The van der Waals surface area contributed by atoms with Gasteiger partial charge in [-0.2, -0.15) is 5.11 Å². The molecule has 3 N–H and O–H groups in total. The summed E-state index contributed by atoms with van der Waals surface area (Å²) in [6.45, 7) is 0.823. The lowest BCUT2D eigenvalue weighted by molar-refractivity contribution is 0.0955. The monoisotopic (exact) mass is 311 g/mol. The summed E-state index contributed by atoms with van der Waals surface area (Å²) >= 11 is 0. The molecule has 120 valence electrons. The summed E-state index contributed by atoms with van der Waals surface area (Å²) in [4.78, 5) is 14.1. The fourth-order valence-electron chi connectivity index (χ4n) is 1.96. The van der Waals surface area contributed by atoms with Gasteiger partial charge in [0.05, 0.1) is 16.9 Å². The first-order chi connectivity index (χ1) is 11.1. The maximum atomic E-state index is 12.1. The lowest BCUT2D eigenvalue weighted by Gasteiger charge is -2.11. The highest BCUT2D eigenvalue weighted by Crippen LogP contribution is 2.23. The summed E-state index contributed by atoms with van der Waals surface area (Å²) in [5.74, 6) is -0.201. The van der Waals surface area contributed by atoms with Crippen LogP contribution < -0.4 is 16.0 Å². The van der Waals surface area contributed by atoms with E-state index < -0.39 is 0 Å². The number of carbonyl (C=O) groups excluding carboxylic acids is 1. The van der Waals surface area contributed by atoms with Gasteiger partial charge in [-0.05, 0) is 36.4 Å². The lowest BCUT2D eigenvalue weighted by atomic mass is 10.1. The molecule has 2 aromatic rings. The van der Waals surface area contributed by atoms with Crippen LogP contribution in [-0.4, -0.2) is 33.1 Å². The molecule has 0 aliphatic heterocycles. The normalized spacial score (nSPS) is 10.7. The van der Waals surface area contributed by atoms with Gasteiger partial charge in [0.25, 0.3) is 5.91 Å². The predicted octanol–water partition coefficient (Wildman–Crippen LogP) is 2.86. The molecule has 2 aromatic carbocycles. The molecule has 0 atom stereocenters. The number of nitrogens with one attached hydrogen (secondary N) is 1. The number of azo groups is 1. The van der Waals surface area contributed by atoms with Crippen LogP contribution in [-0.2, 0) is 0 Å². The number of anilines is 1. The predicted molar refractivity (Wildman–Crippen MR) is 92.8 cm³/mol. The zero-order valence-electron chi connectivity index (χ0n) is 13.4. The first kappa shape index (κ1) is 16.6. The van der Waals surface area contributed by atoms with E-state index in [1.54, 1.807) is 18.2 Å². The molecule has 0 heterocycles. The van der Waals surface area contributed by atoms with Gasteiger partial charge in [0, 0.05) is 32.9 Å². The summed E-state index contributed by atoms with van der Waals surface area (Å²) in [5.41, 5.74) is 8.23. The fourth-order valence-corrected chi connectivity index (χ4v) is 1.96. The zero-order valence-corrected chi connectivity index (χ0v) is 13.4. The Labute approximate surface area is 136 Å². The van der Waals surface area contributed by atoms with Crippen molar-refractivity contribution in [3.8, 4) is 0 Å². The molecular formula is C17H21N5O. The van der Waals surface area contributed by atoms with Gasteiger partial charge in [0.1, 0.15) is 0 Å². The number of carbonyl (C=O) groups is 1. The molecular weight excluding hydrogens is 290 g/mol. The minimum Gasteiger partial charge on any atom is -0.378 e. The van der Waals surface area contributed by atoms with E-state index in [2.05, 4.69) is 15.5 Å². The summed E-state index contributed by atoms with van der Waals surface area (Å²) in [6, 6.07) is 14.8. The molecule has 2 rings (SSSR count). The van der Waals surface area contributed by atoms with Crippen molar-refractivity contribution >= 4 is 23.0 Å². The van der Waals surface area contributed by atoms with Crippen molar-refractivity contribution in [2.45, 2.75) is 0 Å². The molecule has 0 saturated heterocycles. The second-order valence-corrected chi connectivity index (χ2v) is 5.17. The number of amides is 1. The van der Waals surface area contributed by atoms with Gasteiger partial charge < -0.3 is 16.0 Å². The smallest absolute Gasteiger partial charge is 0.253 e. The van der Waals surface area contributed by atoms with E-state index in [-0.39, 0.29) is 5.91 Å². The summed E-state index contributed by atoms with van der Waals surface area (Å²) in [5, 5.41) is 11.1. The summed E-state index contributed by atoms with van der Waals surface area (Å²) in [6.07, 6.45) is 0. The van der Waals surface area contributed by atoms with Crippen LogP contribution in [0.5, 0.6) is 0 Å². The van der Waals surface area contributed by atoms with E-state index in [0.717, 1.165) is 11.4 Å². The Balaban J connectivity index is 2.17. The van der Waals surface area contributed by atoms with E-state index in [9.17, 15) is 4.79 Å². The molecule has 0 unspecified atom stereocenters. The molecule has 0 aliphatic carbocycles. The number of nitrogens with two attached hydrogens (primary N) is 1. The Hall–Kier alpha value is -2.73. The molecule has 23 heavy (non-hydrogen) atoms. The second kappa shape index (κ2) is 8.05. The largest absolute Gasteiger partial charge is 0.378 e. The van der Waals surface area contributed by atoms with Crippen LogP contribution in [0.15, 0.2) is 58.8 Å². The summed E-state index contributed by atoms with van der Waals surface area (Å²) in [7, 11) is 3.96. The van der Waals surface area contributed by atoms with Crippen molar-refractivity contribution in [3.63, 3.8) is 0 Å². The first-order valence-corrected chi connectivity index (χ1v) is 7.38. The fraction of sp³-hybridized carbons (Fsp3) is 0.235. The molecule has 0 aromatic heterocycles. The van der Waals surface area contributed by atoms with Gasteiger partial charge >= 0.3 is 0 Å². The molecule has 0 aliphatic rings. The van der Waals surface area contributed by atoms with Crippen molar-refractivity contribution < 1.29 is 4.79 Å². The average molecular weight is 311 g/mol. The van der Waals surface area contributed by atoms with Crippen molar-refractivity contribution in [1.29, 1.82) is 0 Å². The first-order valence-electron chi connectivity index (χ1n) is 7.38. The highest BCUT2D eigenvalue weighted by atomic mass is 16.1.